The smallest absolute Gasteiger partial charge is 0.175 e. The van der Waals surface area contributed by atoms with Gasteiger partial charge in [-0.15, -0.1) is 69.6 Å². The molecule has 0 radical (unpaired) electrons. The molecule has 4 nitrogen and oxygen atoms in total. The molecule has 3 rings (SSSR count). The molecule has 0 bridgehead atoms. The molecule has 2 N–H and O–H groups in total. The van der Waals surface area contributed by atoms with Crippen molar-refractivity contribution in [2.24, 2.45) is 0 Å². The van der Waals surface area contributed by atoms with Crippen molar-refractivity contribution in [3.05, 3.63) is 48.5 Å². The number of rotatable bonds is 6. The Morgan fingerprint density at radius 1 is 0.629 bits per heavy atom. The van der Waals surface area contributed by atoms with Crippen LogP contribution in [0, 0.1) is 0 Å². The van der Waals surface area contributed by atoms with Gasteiger partial charge in [-0.1, -0.05) is 0 Å². The minimum atomic E-state index is -0.437. The summed E-state index contributed by atoms with van der Waals surface area (Å²) in [6.07, 6.45) is 0. The second-order valence-corrected chi connectivity index (χ2v) is 10.6. The predicted molar refractivity (Wildman–Crippen MR) is 153 cm³/mol. The number of hydrogen-bond acceptors (Lipinski definition) is 3. The Morgan fingerprint density at radius 2 is 0.886 bits per heavy atom. The summed E-state index contributed by atoms with van der Waals surface area (Å²) in [4.78, 5) is 0. The van der Waals surface area contributed by atoms with Crippen LogP contribution in [0.2, 0.25) is 0 Å². The minimum Gasteiger partial charge on any atom is -0.494 e. The first-order valence-electron chi connectivity index (χ1n) is 10.6. The summed E-state index contributed by atoms with van der Waals surface area (Å²) < 4.78 is 10.8. The number of nitrogens with one attached hydrogen (secondary N) is 2. The molecular formula is C23H26Cl6N2O2SW. The molecule has 0 amide bonds. The Kier molecular flexibility index (Phi) is 16.0. The number of benzene rings is 2. The Labute approximate surface area is 256 Å². The van der Waals surface area contributed by atoms with E-state index >= 15 is 0 Å². The predicted octanol–water partition coefficient (Wildman–Crippen LogP) is 7.93. The van der Waals surface area contributed by atoms with Crippen molar-refractivity contribution in [1.29, 1.82) is 0 Å². The molecule has 0 heterocycles. The molecule has 0 spiro atoms. The van der Waals surface area contributed by atoms with Crippen LogP contribution in [0.25, 0.3) is 0 Å². The molecule has 0 aromatic heterocycles. The van der Waals surface area contributed by atoms with E-state index in [1.165, 1.54) is 0 Å². The Hall–Kier alpha value is 0.158. The number of anilines is 2. The Bertz CT molecular complexity index is 785. The third-order valence-corrected chi connectivity index (χ3v) is 8.91. The summed E-state index contributed by atoms with van der Waals surface area (Å²) in [5.41, 5.74) is 1.82. The van der Waals surface area contributed by atoms with E-state index in [4.69, 9.17) is 91.3 Å². The number of halogens is 6. The van der Waals surface area contributed by atoms with Crippen molar-refractivity contribution in [2.75, 3.05) is 23.8 Å². The summed E-state index contributed by atoms with van der Waals surface area (Å²) in [6.45, 7) is 5.24. The van der Waals surface area contributed by atoms with Crippen molar-refractivity contribution in [3.63, 3.8) is 0 Å². The molecule has 1 fully saturated rings. The van der Waals surface area contributed by atoms with Gasteiger partial charge in [0.05, 0.1) is 45.5 Å². The molecule has 2 aromatic carbocycles. The molecule has 0 aliphatic heterocycles. The van der Waals surface area contributed by atoms with Crippen molar-refractivity contribution in [1.82, 2.24) is 0 Å². The molecular weight excluding hydrogens is 765 g/mol. The maximum atomic E-state index is 5.88. The first-order valence-corrected chi connectivity index (χ1v) is 13.6. The van der Waals surface area contributed by atoms with Gasteiger partial charge in [0.25, 0.3) is 0 Å². The van der Waals surface area contributed by atoms with Crippen molar-refractivity contribution >= 4 is 98.3 Å². The molecule has 35 heavy (non-hydrogen) atoms. The average molecular weight is 791 g/mol. The Morgan fingerprint density at radius 3 is 1.11 bits per heavy atom. The largest absolute Gasteiger partial charge is 0.494 e. The van der Waals surface area contributed by atoms with Crippen LogP contribution in [0.15, 0.2) is 48.5 Å². The SMILES string of the molecule is CCOc1ccc(NC(=S)Nc2ccc(OCC)cc2)cc1.ClC1C(Cl)C(Cl)C(Cl)C(Cl)C1Cl.[W]. The van der Waals surface area contributed by atoms with Gasteiger partial charge in [-0.2, -0.15) is 0 Å². The van der Waals surface area contributed by atoms with Gasteiger partial charge in [0.2, 0.25) is 0 Å². The fourth-order valence-electron chi connectivity index (χ4n) is 2.95. The minimum absolute atomic E-state index is 0. The molecule has 12 heteroatoms. The maximum Gasteiger partial charge on any atom is 0.175 e. The number of hydrogen-bond donors (Lipinski definition) is 2. The van der Waals surface area contributed by atoms with Crippen LogP contribution in [0.5, 0.6) is 11.5 Å². The number of alkyl halides is 6. The van der Waals surface area contributed by atoms with Gasteiger partial charge in [-0.3, -0.25) is 0 Å². The third-order valence-electron chi connectivity index (χ3n) is 4.67. The quantitative estimate of drug-likeness (QED) is 0.230. The van der Waals surface area contributed by atoms with Crippen LogP contribution >= 0.6 is 81.8 Å². The van der Waals surface area contributed by atoms with Crippen LogP contribution in [-0.2, 0) is 21.1 Å². The second-order valence-electron chi connectivity index (χ2n) is 7.16. The molecule has 0 saturated heterocycles. The van der Waals surface area contributed by atoms with E-state index in [9.17, 15) is 0 Å². The standard InChI is InChI=1S/C17H20N2O2S.C6H6Cl6.W/c1-3-20-15-9-5-13(6-10-15)18-17(22)19-14-7-11-16(12-8-14)21-4-2;7-1-2(8)4(10)6(12)5(11)3(1)9;/h5-12H,3-4H2,1-2H3,(H2,18,19,22);1-6H;. The van der Waals surface area contributed by atoms with E-state index in [-0.39, 0.29) is 21.1 Å². The fraction of sp³-hybridized carbons (Fsp3) is 0.435. The van der Waals surface area contributed by atoms with E-state index in [0.717, 1.165) is 22.9 Å². The first kappa shape index (κ1) is 33.2. The average Bonchev–Trinajstić information content (AvgIpc) is 2.83. The van der Waals surface area contributed by atoms with Gasteiger partial charge in [0.15, 0.2) is 5.11 Å². The van der Waals surface area contributed by atoms with Crippen molar-refractivity contribution < 1.29 is 30.5 Å². The Balaban J connectivity index is 0.000000401. The van der Waals surface area contributed by atoms with E-state index < -0.39 is 32.3 Å². The monoisotopic (exact) mass is 788 g/mol. The normalized spacial score (nSPS) is 25.3. The van der Waals surface area contributed by atoms with Crippen LogP contribution in [0.4, 0.5) is 11.4 Å². The summed E-state index contributed by atoms with van der Waals surface area (Å²) in [6, 6.07) is 15.3. The molecule has 194 valence electrons. The van der Waals surface area contributed by atoms with Gasteiger partial charge < -0.3 is 20.1 Å². The molecule has 2 aromatic rings. The number of ether oxygens (including phenoxy) is 2. The molecule has 1 aliphatic carbocycles. The molecule has 1 saturated carbocycles. The molecule has 1 aliphatic rings. The van der Waals surface area contributed by atoms with Crippen molar-refractivity contribution in [3.8, 4) is 11.5 Å². The van der Waals surface area contributed by atoms with E-state index in [0.29, 0.717) is 18.3 Å². The van der Waals surface area contributed by atoms with E-state index in [1.807, 2.05) is 62.4 Å². The summed E-state index contributed by atoms with van der Waals surface area (Å²) in [5, 5.41) is 4.18. The summed E-state index contributed by atoms with van der Waals surface area (Å²) in [7, 11) is 0. The van der Waals surface area contributed by atoms with Gasteiger partial charge in [-0.25, -0.2) is 0 Å². The van der Waals surface area contributed by atoms with Crippen LogP contribution in [0.1, 0.15) is 13.8 Å². The van der Waals surface area contributed by atoms with Gasteiger partial charge >= 0.3 is 0 Å². The zero-order valence-corrected chi connectivity index (χ0v) is 27.2. The van der Waals surface area contributed by atoms with Gasteiger partial charge in [-0.05, 0) is 74.6 Å². The summed E-state index contributed by atoms with van der Waals surface area (Å²) >= 11 is 40.6. The second kappa shape index (κ2) is 16.9. The van der Waals surface area contributed by atoms with Crippen molar-refractivity contribution in [2.45, 2.75) is 46.1 Å². The van der Waals surface area contributed by atoms with Crippen LogP contribution < -0.4 is 20.1 Å². The fourth-order valence-corrected chi connectivity index (χ4v) is 5.51. The van der Waals surface area contributed by atoms with Gasteiger partial charge in [0, 0.05) is 32.4 Å². The first-order chi connectivity index (χ1) is 16.2. The zero-order chi connectivity index (χ0) is 25.3. The zero-order valence-electron chi connectivity index (χ0n) is 18.9. The van der Waals surface area contributed by atoms with Gasteiger partial charge in [0.1, 0.15) is 11.5 Å². The third kappa shape index (κ3) is 10.4. The summed E-state index contributed by atoms with van der Waals surface area (Å²) in [5.74, 6) is 1.69. The maximum absolute atomic E-state index is 5.88. The van der Waals surface area contributed by atoms with E-state index in [2.05, 4.69) is 10.6 Å². The molecule has 0 atom stereocenters. The van der Waals surface area contributed by atoms with Crippen LogP contribution in [-0.4, -0.2) is 50.6 Å². The number of thiocarbonyl (C=S) groups is 1. The van der Waals surface area contributed by atoms with E-state index in [1.54, 1.807) is 0 Å². The topological polar surface area (TPSA) is 42.5 Å². The van der Waals surface area contributed by atoms with Crippen LogP contribution in [0.3, 0.4) is 0 Å². The molecule has 0 unspecified atom stereocenters.